The molecule has 0 atom stereocenters. The number of aryl methyl sites for hydroxylation is 1. The standard InChI is InChI=1S/C23H28O3SSi2/c1-19-14-16-20(17-15-19)27(24,25)26-18-8-13-23(28-21-9-4-2-5-10-21)29-22-11-6-3-7-12-22/h2-7,9-12,14-17,23H,8,13,18,28-29H2,1H3. The van der Waals surface area contributed by atoms with Crippen molar-refractivity contribution in [3.63, 3.8) is 0 Å². The van der Waals surface area contributed by atoms with Crippen molar-refractivity contribution < 1.29 is 12.6 Å². The van der Waals surface area contributed by atoms with Crippen molar-refractivity contribution in [3.05, 3.63) is 90.5 Å². The highest BCUT2D eigenvalue weighted by molar-refractivity contribution is 7.86. The molecule has 0 aliphatic carbocycles. The largest absolute Gasteiger partial charge is 0.296 e. The van der Waals surface area contributed by atoms with Crippen LogP contribution in [0.25, 0.3) is 0 Å². The van der Waals surface area contributed by atoms with Gasteiger partial charge in [0.2, 0.25) is 0 Å². The molecule has 3 aromatic rings. The predicted octanol–water partition coefficient (Wildman–Crippen LogP) is 2.22. The smallest absolute Gasteiger partial charge is 0.266 e. The van der Waals surface area contributed by atoms with Gasteiger partial charge in [-0.05, 0) is 25.5 Å². The van der Waals surface area contributed by atoms with E-state index in [1.807, 2.05) is 6.92 Å². The summed E-state index contributed by atoms with van der Waals surface area (Å²) in [6.07, 6.45) is 1.81. The van der Waals surface area contributed by atoms with E-state index in [0.717, 1.165) is 18.4 Å². The summed E-state index contributed by atoms with van der Waals surface area (Å²) < 4.78 is 30.0. The van der Waals surface area contributed by atoms with E-state index in [2.05, 4.69) is 60.7 Å². The van der Waals surface area contributed by atoms with Gasteiger partial charge in [0.25, 0.3) is 10.1 Å². The van der Waals surface area contributed by atoms with E-state index in [0.29, 0.717) is 5.16 Å². The zero-order valence-corrected chi connectivity index (χ0v) is 20.5. The van der Waals surface area contributed by atoms with Crippen LogP contribution in [0.1, 0.15) is 18.4 Å². The second-order valence-corrected chi connectivity index (χ2v) is 15.0. The Morgan fingerprint density at radius 3 is 1.83 bits per heavy atom. The third-order valence-electron chi connectivity index (χ3n) is 5.04. The van der Waals surface area contributed by atoms with Crippen molar-refractivity contribution in [3.8, 4) is 0 Å². The second kappa shape index (κ2) is 10.7. The van der Waals surface area contributed by atoms with Crippen LogP contribution in [0.2, 0.25) is 5.16 Å². The van der Waals surface area contributed by atoms with E-state index in [9.17, 15) is 8.42 Å². The first-order chi connectivity index (χ1) is 14.0. The molecule has 0 bridgehead atoms. The lowest BCUT2D eigenvalue weighted by molar-refractivity contribution is 0.310. The Bertz CT molecular complexity index is 934. The van der Waals surface area contributed by atoms with Crippen LogP contribution in [0.5, 0.6) is 0 Å². The van der Waals surface area contributed by atoms with Crippen LogP contribution in [-0.4, -0.2) is 34.1 Å². The van der Waals surface area contributed by atoms with Crippen LogP contribution in [0.15, 0.2) is 89.8 Å². The van der Waals surface area contributed by atoms with Crippen LogP contribution in [0, 0.1) is 6.92 Å². The van der Waals surface area contributed by atoms with Crippen molar-refractivity contribution in [1.82, 2.24) is 0 Å². The number of hydrogen-bond acceptors (Lipinski definition) is 3. The molecular weight excluding hydrogens is 412 g/mol. The van der Waals surface area contributed by atoms with Gasteiger partial charge in [-0.15, -0.1) is 0 Å². The zero-order valence-electron chi connectivity index (χ0n) is 16.8. The molecule has 3 rings (SSSR count). The summed E-state index contributed by atoms with van der Waals surface area (Å²) in [6, 6.07) is 28.3. The molecule has 0 saturated carbocycles. The molecule has 0 aliphatic heterocycles. The maximum atomic E-state index is 12.4. The van der Waals surface area contributed by atoms with Gasteiger partial charge < -0.3 is 0 Å². The van der Waals surface area contributed by atoms with E-state index in [4.69, 9.17) is 4.18 Å². The summed E-state index contributed by atoms with van der Waals surface area (Å²) in [7, 11) is -4.47. The zero-order chi connectivity index (χ0) is 20.5. The third kappa shape index (κ3) is 7.08. The molecule has 0 radical (unpaired) electrons. The average molecular weight is 441 g/mol. The molecule has 0 fully saturated rings. The van der Waals surface area contributed by atoms with Gasteiger partial charge in [-0.3, -0.25) is 4.18 Å². The molecular formula is C23H28O3SSi2. The fourth-order valence-corrected chi connectivity index (χ4v) is 10.4. The third-order valence-corrected chi connectivity index (χ3v) is 12.0. The summed E-state index contributed by atoms with van der Waals surface area (Å²) in [5.74, 6) is 0. The number of hydrogen-bond donors (Lipinski definition) is 0. The van der Waals surface area contributed by atoms with E-state index in [1.165, 1.54) is 10.4 Å². The maximum absolute atomic E-state index is 12.4. The van der Waals surface area contributed by atoms with Gasteiger partial charge in [-0.1, -0.05) is 100 Å². The normalized spacial score (nSPS) is 13.4. The van der Waals surface area contributed by atoms with Crippen molar-refractivity contribution in [1.29, 1.82) is 0 Å². The summed E-state index contributed by atoms with van der Waals surface area (Å²) in [5.41, 5.74) is 1.03. The van der Waals surface area contributed by atoms with Crippen LogP contribution < -0.4 is 10.4 Å². The Hall–Kier alpha value is -2.00. The SMILES string of the molecule is Cc1ccc(S(=O)(=O)OCCCC([SiH2]c2ccccc2)[SiH2]c2ccccc2)cc1. The molecule has 3 aromatic carbocycles. The molecule has 3 nitrogen and oxygen atoms in total. The number of rotatable bonds is 10. The van der Waals surface area contributed by atoms with E-state index in [-0.39, 0.29) is 11.5 Å². The van der Waals surface area contributed by atoms with Crippen LogP contribution in [0.4, 0.5) is 0 Å². The van der Waals surface area contributed by atoms with E-state index in [1.54, 1.807) is 24.3 Å². The van der Waals surface area contributed by atoms with E-state index < -0.39 is 29.2 Å². The highest BCUT2D eigenvalue weighted by Gasteiger charge is 2.16. The maximum Gasteiger partial charge on any atom is 0.296 e. The summed E-state index contributed by atoms with van der Waals surface area (Å²) in [5, 5.41) is 3.67. The first kappa shape index (κ1) is 21.7. The Kier molecular flexibility index (Phi) is 8.00. The quantitative estimate of drug-likeness (QED) is 0.276. The van der Waals surface area contributed by atoms with Gasteiger partial charge >= 0.3 is 0 Å². The molecule has 152 valence electrons. The molecule has 29 heavy (non-hydrogen) atoms. The fourth-order valence-electron chi connectivity index (χ4n) is 3.48. The van der Waals surface area contributed by atoms with E-state index >= 15 is 0 Å². The second-order valence-electron chi connectivity index (χ2n) is 7.48. The summed E-state index contributed by atoms with van der Waals surface area (Å²) in [4.78, 5) is 0.233. The minimum absolute atomic E-state index is 0.233. The van der Waals surface area contributed by atoms with Gasteiger partial charge in [-0.2, -0.15) is 8.42 Å². The minimum Gasteiger partial charge on any atom is -0.266 e. The lowest BCUT2D eigenvalue weighted by Gasteiger charge is -2.16. The van der Waals surface area contributed by atoms with Crippen LogP contribution >= 0.6 is 0 Å². The van der Waals surface area contributed by atoms with Gasteiger partial charge in [0.05, 0.1) is 30.5 Å². The van der Waals surface area contributed by atoms with Crippen molar-refractivity contribution >= 4 is 39.5 Å². The molecule has 0 unspecified atom stereocenters. The molecule has 0 spiro atoms. The summed E-state index contributed by atoms with van der Waals surface area (Å²) >= 11 is 0. The summed E-state index contributed by atoms with van der Waals surface area (Å²) in [6.45, 7) is 2.18. The van der Waals surface area contributed by atoms with Gasteiger partial charge in [0.1, 0.15) is 0 Å². The van der Waals surface area contributed by atoms with Crippen LogP contribution in [-0.2, 0) is 14.3 Å². The highest BCUT2D eigenvalue weighted by Crippen LogP contribution is 2.16. The van der Waals surface area contributed by atoms with Gasteiger partial charge in [-0.25, -0.2) is 0 Å². The minimum atomic E-state index is -3.67. The molecule has 6 heteroatoms. The Balaban J connectivity index is 1.57. The van der Waals surface area contributed by atoms with Gasteiger partial charge in [0.15, 0.2) is 0 Å². The Labute approximate surface area is 178 Å². The lowest BCUT2D eigenvalue weighted by atomic mass is 10.2. The van der Waals surface area contributed by atoms with Gasteiger partial charge in [0, 0.05) is 0 Å². The lowest BCUT2D eigenvalue weighted by Crippen LogP contribution is -2.29. The molecule has 0 heterocycles. The Morgan fingerprint density at radius 1 is 0.793 bits per heavy atom. The molecule has 0 saturated heterocycles. The van der Waals surface area contributed by atoms with Crippen LogP contribution in [0.3, 0.4) is 0 Å². The fraction of sp³-hybridized carbons (Fsp3) is 0.217. The monoisotopic (exact) mass is 440 g/mol. The molecule has 0 aromatic heterocycles. The van der Waals surface area contributed by atoms with Crippen molar-refractivity contribution in [2.24, 2.45) is 0 Å². The predicted molar refractivity (Wildman–Crippen MR) is 127 cm³/mol. The molecule has 0 N–H and O–H groups in total. The topological polar surface area (TPSA) is 43.4 Å². The average Bonchev–Trinajstić information content (AvgIpc) is 2.73. The Morgan fingerprint density at radius 2 is 1.31 bits per heavy atom. The van der Waals surface area contributed by atoms with Crippen molar-refractivity contribution in [2.75, 3.05) is 6.61 Å². The number of benzene rings is 3. The molecule has 0 aliphatic rings. The first-order valence-corrected chi connectivity index (χ1v) is 14.5. The highest BCUT2D eigenvalue weighted by atomic mass is 32.2. The first-order valence-electron chi connectivity index (χ1n) is 10.1. The molecule has 0 amide bonds. The van der Waals surface area contributed by atoms with Crippen molar-refractivity contribution in [2.45, 2.75) is 29.8 Å².